The zero-order valence-electron chi connectivity index (χ0n) is 18.2. The lowest BCUT2D eigenvalue weighted by Crippen LogP contribution is -2.42. The summed E-state index contributed by atoms with van der Waals surface area (Å²) in [5, 5.41) is 16.1. The number of amides is 1. The number of ether oxygens (including phenoxy) is 2. The van der Waals surface area contributed by atoms with E-state index < -0.39 is 6.29 Å². The fourth-order valence-corrected chi connectivity index (χ4v) is 5.89. The van der Waals surface area contributed by atoms with Crippen molar-refractivity contribution in [3.63, 3.8) is 0 Å². The van der Waals surface area contributed by atoms with Gasteiger partial charge in [-0.2, -0.15) is 0 Å². The number of aliphatic hydroxyl groups is 1. The maximum Gasteiger partial charge on any atom is 0.286 e. The molecule has 1 saturated carbocycles. The Morgan fingerprint density at radius 3 is 2.84 bits per heavy atom. The molecule has 2 heterocycles. The Morgan fingerprint density at radius 2 is 2.06 bits per heavy atom. The first-order chi connectivity index (χ1) is 15.2. The highest BCUT2D eigenvalue weighted by Crippen LogP contribution is 2.43. The summed E-state index contributed by atoms with van der Waals surface area (Å²) in [7, 11) is 0. The van der Waals surface area contributed by atoms with Gasteiger partial charge in [-0.25, -0.2) is 0 Å². The standard InChI is InChI=1S/C25H33NO4S/c1-2-29-25-19(12-8-14-27)20(21-16-31-23-13-7-6-11-18(21)23)15-22(30-25)24(28)26-17-9-4-3-5-10-17/h6-7,11,13,15-17,19-20,25,27H,2-5,8-10,12,14H2,1H3,(H,26,28)/t19-,20-,25+/m0/s1. The van der Waals surface area contributed by atoms with Crippen molar-refractivity contribution in [1.82, 2.24) is 5.32 Å². The van der Waals surface area contributed by atoms with E-state index in [0.717, 1.165) is 19.3 Å². The number of aliphatic hydroxyl groups excluding tert-OH is 1. The predicted octanol–water partition coefficient (Wildman–Crippen LogP) is 5.10. The number of rotatable bonds is 8. The molecule has 1 aromatic heterocycles. The first kappa shape index (κ1) is 22.3. The number of nitrogens with one attached hydrogen (secondary N) is 1. The molecule has 5 nitrogen and oxygen atoms in total. The summed E-state index contributed by atoms with van der Waals surface area (Å²) < 4.78 is 13.3. The third-order valence-corrected chi connectivity index (χ3v) is 7.43. The number of hydrogen-bond donors (Lipinski definition) is 2. The highest BCUT2D eigenvalue weighted by molar-refractivity contribution is 7.17. The lowest BCUT2D eigenvalue weighted by Gasteiger charge is -2.37. The Morgan fingerprint density at radius 1 is 1.26 bits per heavy atom. The molecule has 1 amide bonds. The Bertz CT molecular complexity index is 902. The molecule has 168 valence electrons. The van der Waals surface area contributed by atoms with E-state index in [1.54, 1.807) is 11.3 Å². The molecule has 3 atom stereocenters. The molecular formula is C25H33NO4S. The van der Waals surface area contributed by atoms with E-state index in [4.69, 9.17) is 9.47 Å². The molecule has 0 bridgehead atoms. The molecule has 2 aliphatic rings. The molecule has 1 aliphatic carbocycles. The second-order valence-corrected chi connectivity index (χ2v) is 9.43. The van der Waals surface area contributed by atoms with Gasteiger partial charge in [0, 0.05) is 35.8 Å². The SMILES string of the molecule is CCO[C@@H]1OC(C(=O)NC2CCCCC2)=C[C@H](c2csc3ccccc23)[C@@H]1CCCO. The third-order valence-electron chi connectivity index (χ3n) is 6.45. The summed E-state index contributed by atoms with van der Waals surface area (Å²) in [6, 6.07) is 8.61. The van der Waals surface area contributed by atoms with Crippen LogP contribution in [0, 0.1) is 5.92 Å². The van der Waals surface area contributed by atoms with Gasteiger partial charge in [-0.3, -0.25) is 4.79 Å². The van der Waals surface area contributed by atoms with Crippen molar-refractivity contribution in [2.24, 2.45) is 5.92 Å². The fraction of sp³-hybridized carbons (Fsp3) is 0.560. The van der Waals surface area contributed by atoms with Crippen molar-refractivity contribution in [2.75, 3.05) is 13.2 Å². The van der Waals surface area contributed by atoms with Crippen LogP contribution >= 0.6 is 11.3 Å². The van der Waals surface area contributed by atoms with Crippen LogP contribution in [-0.2, 0) is 14.3 Å². The lowest BCUT2D eigenvalue weighted by atomic mass is 9.80. The zero-order valence-corrected chi connectivity index (χ0v) is 19.0. The van der Waals surface area contributed by atoms with E-state index in [2.05, 4.69) is 35.0 Å². The third kappa shape index (κ3) is 5.13. The molecule has 1 fully saturated rings. The highest BCUT2D eigenvalue weighted by Gasteiger charge is 2.39. The first-order valence-corrected chi connectivity index (χ1v) is 12.5. The number of thiophene rings is 1. The number of fused-ring (bicyclic) bond motifs is 1. The van der Waals surface area contributed by atoms with Gasteiger partial charge in [0.2, 0.25) is 6.29 Å². The number of benzene rings is 1. The van der Waals surface area contributed by atoms with Crippen molar-refractivity contribution >= 4 is 27.3 Å². The van der Waals surface area contributed by atoms with E-state index in [1.807, 2.05) is 13.0 Å². The number of hydrogen-bond acceptors (Lipinski definition) is 5. The number of allylic oxidation sites excluding steroid dienone is 1. The van der Waals surface area contributed by atoms with E-state index in [0.29, 0.717) is 18.8 Å². The molecule has 0 unspecified atom stereocenters. The monoisotopic (exact) mass is 443 g/mol. The van der Waals surface area contributed by atoms with Gasteiger partial charge in [-0.1, -0.05) is 37.5 Å². The predicted molar refractivity (Wildman–Crippen MR) is 124 cm³/mol. The van der Waals surface area contributed by atoms with Crippen LogP contribution < -0.4 is 5.32 Å². The van der Waals surface area contributed by atoms with Gasteiger partial charge in [0.25, 0.3) is 5.91 Å². The first-order valence-electron chi connectivity index (χ1n) is 11.6. The fourth-order valence-electron chi connectivity index (χ4n) is 4.88. The van der Waals surface area contributed by atoms with Gasteiger partial charge in [0.15, 0.2) is 5.76 Å². The Labute approximate surface area is 188 Å². The summed E-state index contributed by atoms with van der Waals surface area (Å²) in [6.07, 6.45) is 8.58. The van der Waals surface area contributed by atoms with Crippen LogP contribution in [-0.4, -0.2) is 36.6 Å². The molecular weight excluding hydrogens is 410 g/mol. The summed E-state index contributed by atoms with van der Waals surface area (Å²) >= 11 is 1.73. The van der Waals surface area contributed by atoms with Crippen LogP contribution in [0.4, 0.5) is 0 Å². The van der Waals surface area contributed by atoms with Crippen LogP contribution in [0.2, 0.25) is 0 Å². The second kappa shape index (κ2) is 10.6. The average molecular weight is 444 g/mol. The van der Waals surface area contributed by atoms with Crippen LogP contribution in [0.5, 0.6) is 0 Å². The Kier molecular flexibility index (Phi) is 7.64. The Hall–Kier alpha value is -1.89. The summed E-state index contributed by atoms with van der Waals surface area (Å²) in [5.41, 5.74) is 1.21. The van der Waals surface area contributed by atoms with Gasteiger partial charge in [-0.15, -0.1) is 11.3 Å². The normalized spacial score (nSPS) is 24.6. The van der Waals surface area contributed by atoms with Crippen LogP contribution in [0.3, 0.4) is 0 Å². The molecule has 2 aromatic rings. The second-order valence-electron chi connectivity index (χ2n) is 8.52. The number of carbonyl (C=O) groups excluding carboxylic acids is 1. The molecule has 6 heteroatoms. The highest BCUT2D eigenvalue weighted by atomic mass is 32.1. The van der Waals surface area contributed by atoms with Gasteiger partial charge in [0.1, 0.15) is 0 Å². The quantitative estimate of drug-likeness (QED) is 0.596. The van der Waals surface area contributed by atoms with Gasteiger partial charge in [-0.05, 0) is 61.1 Å². The minimum atomic E-state index is -0.502. The molecule has 2 N–H and O–H groups in total. The Balaban J connectivity index is 1.67. The smallest absolute Gasteiger partial charge is 0.286 e. The molecule has 1 aromatic carbocycles. The molecule has 4 rings (SSSR count). The van der Waals surface area contributed by atoms with Gasteiger partial charge >= 0.3 is 0 Å². The zero-order chi connectivity index (χ0) is 21.6. The molecule has 0 radical (unpaired) electrons. The van der Waals surface area contributed by atoms with Gasteiger partial charge in [0.05, 0.1) is 0 Å². The van der Waals surface area contributed by atoms with Gasteiger partial charge < -0.3 is 19.9 Å². The largest absolute Gasteiger partial charge is 0.459 e. The summed E-state index contributed by atoms with van der Waals surface area (Å²) in [4.78, 5) is 13.1. The maximum absolute atomic E-state index is 13.1. The van der Waals surface area contributed by atoms with Crippen molar-refractivity contribution in [2.45, 2.75) is 70.1 Å². The van der Waals surface area contributed by atoms with Crippen molar-refractivity contribution in [3.05, 3.63) is 47.0 Å². The average Bonchev–Trinajstić information content (AvgIpc) is 3.22. The lowest BCUT2D eigenvalue weighted by molar-refractivity contribution is -0.166. The maximum atomic E-state index is 13.1. The van der Waals surface area contributed by atoms with Crippen molar-refractivity contribution < 1.29 is 19.4 Å². The minimum Gasteiger partial charge on any atom is -0.459 e. The molecule has 0 spiro atoms. The van der Waals surface area contributed by atoms with E-state index >= 15 is 0 Å². The van der Waals surface area contributed by atoms with E-state index in [-0.39, 0.29) is 30.4 Å². The van der Waals surface area contributed by atoms with Crippen molar-refractivity contribution in [1.29, 1.82) is 0 Å². The summed E-state index contributed by atoms with van der Waals surface area (Å²) in [6.45, 7) is 2.58. The molecule has 31 heavy (non-hydrogen) atoms. The topological polar surface area (TPSA) is 67.8 Å². The molecule has 1 aliphatic heterocycles. The van der Waals surface area contributed by atoms with E-state index in [9.17, 15) is 9.90 Å². The van der Waals surface area contributed by atoms with Crippen molar-refractivity contribution in [3.8, 4) is 0 Å². The van der Waals surface area contributed by atoms with Crippen LogP contribution in [0.25, 0.3) is 10.1 Å². The van der Waals surface area contributed by atoms with Crippen LogP contribution in [0.1, 0.15) is 63.4 Å². The van der Waals surface area contributed by atoms with Crippen LogP contribution in [0.15, 0.2) is 41.5 Å². The van der Waals surface area contributed by atoms with E-state index in [1.165, 1.54) is 34.9 Å². The molecule has 0 saturated heterocycles. The minimum absolute atomic E-state index is 0.0000980. The number of carbonyl (C=O) groups is 1. The summed E-state index contributed by atoms with van der Waals surface area (Å²) in [5.74, 6) is 0.266.